The monoisotopic (exact) mass is 198 g/mol. The molecule has 3 rings (SSSR count). The van der Waals surface area contributed by atoms with E-state index in [4.69, 9.17) is 0 Å². The van der Waals surface area contributed by atoms with Gasteiger partial charge in [0.05, 0.1) is 0 Å². The van der Waals surface area contributed by atoms with Gasteiger partial charge in [-0.2, -0.15) is 0 Å². The van der Waals surface area contributed by atoms with E-state index >= 15 is 0 Å². The predicted molar refractivity (Wildman–Crippen MR) is 63.8 cm³/mol. The molecule has 0 radical (unpaired) electrons. The van der Waals surface area contributed by atoms with Gasteiger partial charge >= 0.3 is 0 Å². The lowest BCUT2D eigenvalue weighted by Gasteiger charge is -2.12. The number of para-hydroxylation sites is 1. The van der Waals surface area contributed by atoms with E-state index in [1.165, 1.54) is 22.2 Å². The average molecular weight is 198 g/mol. The fourth-order valence-corrected chi connectivity index (χ4v) is 2.11. The van der Waals surface area contributed by atoms with Crippen molar-refractivity contribution in [2.24, 2.45) is 0 Å². The van der Waals surface area contributed by atoms with E-state index in [2.05, 4.69) is 46.7 Å². The Morgan fingerprint density at radius 1 is 1.13 bits per heavy atom. The van der Waals surface area contributed by atoms with Crippen molar-refractivity contribution < 1.29 is 0 Å². The largest absolute Gasteiger partial charge is 0.355 e. The predicted octanol–water partition coefficient (Wildman–Crippen LogP) is 2.54. The van der Waals surface area contributed by atoms with Gasteiger partial charge in [-0.3, -0.25) is 0 Å². The van der Waals surface area contributed by atoms with Crippen LogP contribution in [-0.4, -0.2) is 18.1 Å². The van der Waals surface area contributed by atoms with Crippen molar-refractivity contribution in [3.8, 4) is 0 Å². The third-order valence-corrected chi connectivity index (χ3v) is 2.94. The number of rotatable bonds is 1. The Kier molecular flexibility index (Phi) is 2.07. The Hall–Kier alpha value is -1.54. The Morgan fingerprint density at radius 3 is 2.87 bits per heavy atom. The highest BCUT2D eigenvalue weighted by molar-refractivity contribution is 5.84. The van der Waals surface area contributed by atoms with Crippen LogP contribution in [0, 0.1) is 0 Å². The van der Waals surface area contributed by atoms with Crippen molar-refractivity contribution in [3.63, 3.8) is 0 Å². The summed E-state index contributed by atoms with van der Waals surface area (Å²) in [5.41, 5.74) is 3.94. The molecule has 2 N–H and O–H groups in total. The lowest BCUT2D eigenvalue weighted by Crippen LogP contribution is -2.20. The van der Waals surface area contributed by atoms with Crippen molar-refractivity contribution in [2.75, 3.05) is 13.1 Å². The molecule has 0 fully saturated rings. The lowest BCUT2D eigenvalue weighted by molar-refractivity contribution is 0.737. The quantitative estimate of drug-likeness (QED) is 0.724. The first kappa shape index (κ1) is 8.74. The SMILES string of the molecule is C1=C(c2cc3ccccc3[nH]2)CCNC1. The van der Waals surface area contributed by atoms with Crippen molar-refractivity contribution in [1.29, 1.82) is 0 Å². The second-order valence-corrected chi connectivity index (χ2v) is 3.95. The Balaban J connectivity index is 2.07. The van der Waals surface area contributed by atoms with E-state index in [9.17, 15) is 0 Å². The first-order valence-electron chi connectivity index (χ1n) is 5.41. The van der Waals surface area contributed by atoms with Crippen molar-refractivity contribution in [1.82, 2.24) is 10.3 Å². The number of aromatic nitrogens is 1. The zero-order valence-electron chi connectivity index (χ0n) is 8.59. The molecule has 0 spiro atoms. The molecule has 0 amide bonds. The molecule has 2 aromatic rings. The minimum Gasteiger partial charge on any atom is -0.355 e. The molecular formula is C13H14N2. The molecule has 2 nitrogen and oxygen atoms in total. The van der Waals surface area contributed by atoms with Gasteiger partial charge in [-0.1, -0.05) is 24.3 Å². The second-order valence-electron chi connectivity index (χ2n) is 3.95. The van der Waals surface area contributed by atoms with E-state index < -0.39 is 0 Å². The van der Waals surface area contributed by atoms with Crippen LogP contribution in [0.1, 0.15) is 12.1 Å². The van der Waals surface area contributed by atoms with Crippen LogP contribution in [0.15, 0.2) is 36.4 Å². The maximum Gasteiger partial charge on any atom is 0.0458 e. The highest BCUT2D eigenvalue weighted by atomic mass is 14.9. The number of benzene rings is 1. The van der Waals surface area contributed by atoms with Gasteiger partial charge in [0.1, 0.15) is 0 Å². The summed E-state index contributed by atoms with van der Waals surface area (Å²) in [5.74, 6) is 0. The van der Waals surface area contributed by atoms with Gasteiger partial charge in [0, 0.05) is 17.8 Å². The minimum absolute atomic E-state index is 0.991. The maximum absolute atomic E-state index is 3.47. The van der Waals surface area contributed by atoms with Crippen LogP contribution in [0.3, 0.4) is 0 Å². The van der Waals surface area contributed by atoms with E-state index in [1.54, 1.807) is 0 Å². The van der Waals surface area contributed by atoms with Gasteiger partial charge in [0.2, 0.25) is 0 Å². The van der Waals surface area contributed by atoms with E-state index in [0.29, 0.717) is 0 Å². The first-order chi connectivity index (χ1) is 7.43. The summed E-state index contributed by atoms with van der Waals surface area (Å²) in [6, 6.07) is 10.7. The second kappa shape index (κ2) is 3.55. The smallest absolute Gasteiger partial charge is 0.0458 e. The molecule has 1 aromatic heterocycles. The summed E-state index contributed by atoms with van der Waals surface area (Å²) in [4.78, 5) is 3.47. The lowest BCUT2D eigenvalue weighted by atomic mass is 10.1. The Bertz CT molecular complexity index is 475. The molecule has 2 heteroatoms. The van der Waals surface area contributed by atoms with Gasteiger partial charge in [0.25, 0.3) is 0 Å². The molecule has 15 heavy (non-hydrogen) atoms. The number of aromatic amines is 1. The van der Waals surface area contributed by atoms with Crippen LogP contribution in [-0.2, 0) is 0 Å². The molecule has 0 saturated heterocycles. The van der Waals surface area contributed by atoms with Gasteiger partial charge in [-0.25, -0.2) is 0 Å². The highest BCUT2D eigenvalue weighted by Crippen LogP contribution is 2.23. The summed E-state index contributed by atoms with van der Waals surface area (Å²) in [6.07, 6.45) is 3.39. The van der Waals surface area contributed by atoms with Crippen LogP contribution in [0.25, 0.3) is 16.5 Å². The minimum atomic E-state index is 0.991. The molecular weight excluding hydrogens is 184 g/mol. The van der Waals surface area contributed by atoms with Crippen LogP contribution < -0.4 is 5.32 Å². The summed E-state index contributed by atoms with van der Waals surface area (Å²) >= 11 is 0. The number of nitrogens with one attached hydrogen (secondary N) is 2. The number of hydrogen-bond donors (Lipinski definition) is 2. The van der Waals surface area contributed by atoms with Crippen LogP contribution in [0.4, 0.5) is 0 Å². The molecule has 0 bridgehead atoms. The van der Waals surface area contributed by atoms with Crippen LogP contribution in [0.5, 0.6) is 0 Å². The summed E-state index contributed by atoms with van der Waals surface area (Å²) in [7, 11) is 0. The fraction of sp³-hybridized carbons (Fsp3) is 0.231. The van der Waals surface area contributed by atoms with Crippen molar-refractivity contribution in [3.05, 3.63) is 42.1 Å². The Morgan fingerprint density at radius 2 is 2.07 bits per heavy atom. The molecule has 0 aliphatic carbocycles. The van der Waals surface area contributed by atoms with E-state index in [1.807, 2.05) is 0 Å². The topological polar surface area (TPSA) is 27.8 Å². The van der Waals surface area contributed by atoms with Crippen molar-refractivity contribution in [2.45, 2.75) is 6.42 Å². The standard InChI is InChI=1S/C13H14N2/c1-2-4-12-11(3-1)9-13(15-12)10-5-7-14-8-6-10/h1-5,9,14-15H,6-8H2. The molecule has 1 aliphatic heterocycles. The zero-order chi connectivity index (χ0) is 10.1. The van der Waals surface area contributed by atoms with E-state index in [-0.39, 0.29) is 0 Å². The molecule has 76 valence electrons. The van der Waals surface area contributed by atoms with Gasteiger partial charge in [0.15, 0.2) is 0 Å². The number of hydrogen-bond acceptors (Lipinski definition) is 1. The molecule has 1 aromatic carbocycles. The first-order valence-corrected chi connectivity index (χ1v) is 5.41. The summed E-state index contributed by atoms with van der Waals surface area (Å²) < 4.78 is 0. The fourth-order valence-electron chi connectivity index (χ4n) is 2.11. The summed E-state index contributed by atoms with van der Waals surface area (Å²) in [5, 5.41) is 4.63. The molecule has 0 atom stereocenters. The van der Waals surface area contributed by atoms with E-state index in [0.717, 1.165) is 19.5 Å². The van der Waals surface area contributed by atoms with Gasteiger partial charge in [-0.15, -0.1) is 0 Å². The summed E-state index contributed by atoms with van der Waals surface area (Å²) in [6.45, 7) is 2.08. The Labute approximate surface area is 89.0 Å². The highest BCUT2D eigenvalue weighted by Gasteiger charge is 2.07. The van der Waals surface area contributed by atoms with Gasteiger partial charge in [-0.05, 0) is 36.1 Å². The third kappa shape index (κ3) is 1.57. The van der Waals surface area contributed by atoms with Crippen molar-refractivity contribution >= 4 is 16.5 Å². The van der Waals surface area contributed by atoms with Crippen LogP contribution in [0.2, 0.25) is 0 Å². The molecule has 0 saturated carbocycles. The number of H-pyrrole nitrogens is 1. The van der Waals surface area contributed by atoms with Gasteiger partial charge < -0.3 is 10.3 Å². The maximum atomic E-state index is 3.47. The molecule has 0 unspecified atom stereocenters. The normalized spacial score (nSPS) is 16.7. The number of fused-ring (bicyclic) bond motifs is 1. The molecule has 1 aliphatic rings. The zero-order valence-corrected chi connectivity index (χ0v) is 8.59. The average Bonchev–Trinajstić information content (AvgIpc) is 2.74. The van der Waals surface area contributed by atoms with Crippen LogP contribution >= 0.6 is 0 Å². The third-order valence-electron chi connectivity index (χ3n) is 2.94. The molecule has 2 heterocycles.